The molecule has 3 aliphatic heterocycles. The highest BCUT2D eigenvalue weighted by Crippen LogP contribution is 2.28. The van der Waals surface area contributed by atoms with E-state index in [2.05, 4.69) is 5.32 Å². The Bertz CT molecular complexity index is 951. The largest absolute Gasteiger partial charge is 0.460 e. The minimum atomic E-state index is -3.45. The van der Waals surface area contributed by atoms with Gasteiger partial charge in [0, 0.05) is 26.2 Å². The third kappa shape index (κ3) is 12.4. The first-order chi connectivity index (χ1) is 19.2. The Kier molecular flexibility index (Phi) is 12.7. The maximum absolute atomic E-state index is 13.0. The van der Waals surface area contributed by atoms with Gasteiger partial charge in [-0.2, -0.15) is 0 Å². The van der Waals surface area contributed by atoms with E-state index >= 15 is 0 Å². The van der Waals surface area contributed by atoms with Gasteiger partial charge in [0.15, 0.2) is 0 Å². The number of carbonyl (C=O) groups excluding carboxylic acids is 3. The van der Waals surface area contributed by atoms with E-state index in [1.54, 1.807) is 4.90 Å². The summed E-state index contributed by atoms with van der Waals surface area (Å²) in [4.78, 5) is 37.5. The topological polar surface area (TPSA) is 132 Å². The van der Waals surface area contributed by atoms with Crippen LogP contribution in [0.2, 0.25) is 0 Å². The van der Waals surface area contributed by atoms with Crippen LogP contribution in [0.15, 0.2) is 0 Å². The van der Waals surface area contributed by atoms with Gasteiger partial charge in [0.1, 0.15) is 16.8 Å². The predicted molar refractivity (Wildman–Crippen MR) is 161 cm³/mol. The highest BCUT2D eigenvalue weighted by molar-refractivity contribution is 7.89. The van der Waals surface area contributed by atoms with Gasteiger partial charge >= 0.3 is 18.0 Å². The first-order valence-corrected chi connectivity index (χ1v) is 16.8. The van der Waals surface area contributed by atoms with Crippen molar-refractivity contribution in [3.63, 3.8) is 0 Å². The van der Waals surface area contributed by atoms with Crippen LogP contribution in [-0.2, 0) is 33.8 Å². The zero-order valence-corrected chi connectivity index (χ0v) is 28.1. The minimum Gasteiger partial charge on any atom is -0.460 e. The van der Waals surface area contributed by atoms with E-state index in [-0.39, 0.29) is 29.4 Å². The van der Waals surface area contributed by atoms with Gasteiger partial charge in [0.05, 0.1) is 17.1 Å². The summed E-state index contributed by atoms with van der Waals surface area (Å²) >= 11 is 0. The fourth-order valence-electron chi connectivity index (χ4n) is 5.05. The molecule has 0 aromatic heterocycles. The van der Waals surface area contributed by atoms with Crippen LogP contribution >= 0.6 is 0 Å². The second kappa shape index (κ2) is 14.7. The van der Waals surface area contributed by atoms with Gasteiger partial charge in [-0.15, -0.1) is 0 Å². The van der Waals surface area contributed by atoms with Crippen LogP contribution in [0.1, 0.15) is 101 Å². The molecule has 3 fully saturated rings. The summed E-state index contributed by atoms with van der Waals surface area (Å²) in [5.41, 5.74) is -1.46. The number of hydrogen-bond donors (Lipinski definition) is 1. The van der Waals surface area contributed by atoms with Crippen molar-refractivity contribution >= 4 is 28.1 Å². The Morgan fingerprint density at radius 1 is 0.619 bits per heavy atom. The highest BCUT2D eigenvalue weighted by atomic mass is 32.2. The van der Waals surface area contributed by atoms with Crippen LogP contribution in [0.5, 0.6) is 0 Å². The fraction of sp³-hybridized carbons (Fsp3) is 0.900. The minimum absolute atomic E-state index is 0.0333. The molecule has 0 radical (unpaired) electrons. The summed E-state index contributed by atoms with van der Waals surface area (Å²) in [6, 6.07) is 0. The normalized spacial score (nSPS) is 20.7. The van der Waals surface area contributed by atoms with Gasteiger partial charge in [0.25, 0.3) is 0 Å². The highest BCUT2D eigenvalue weighted by Gasteiger charge is 2.39. The molecule has 0 aliphatic carbocycles. The Morgan fingerprint density at radius 3 is 1.43 bits per heavy atom. The quantitative estimate of drug-likeness (QED) is 0.366. The third-order valence-electron chi connectivity index (χ3n) is 7.15. The average molecular weight is 618 g/mol. The lowest BCUT2D eigenvalue weighted by atomic mass is 9.98. The summed E-state index contributed by atoms with van der Waals surface area (Å²) in [7, 11) is -3.45. The number of ether oxygens (including phenoxy) is 3. The molecule has 11 nitrogen and oxygen atoms in total. The molecule has 1 amide bonds. The number of carbonyl (C=O) groups is 3. The van der Waals surface area contributed by atoms with Gasteiger partial charge in [-0.25, -0.2) is 17.5 Å². The van der Waals surface area contributed by atoms with Gasteiger partial charge < -0.3 is 24.4 Å². The van der Waals surface area contributed by atoms with Crippen molar-refractivity contribution < 1.29 is 37.0 Å². The van der Waals surface area contributed by atoms with Crippen molar-refractivity contribution in [2.75, 3.05) is 39.3 Å². The van der Waals surface area contributed by atoms with Crippen LogP contribution in [0, 0.1) is 11.8 Å². The van der Waals surface area contributed by atoms with Crippen molar-refractivity contribution in [2.45, 2.75) is 123 Å². The van der Waals surface area contributed by atoms with E-state index in [4.69, 9.17) is 14.2 Å². The monoisotopic (exact) mass is 617 g/mol. The summed E-state index contributed by atoms with van der Waals surface area (Å²) < 4.78 is 43.7. The zero-order valence-electron chi connectivity index (χ0n) is 27.3. The van der Waals surface area contributed by atoms with Crippen molar-refractivity contribution in [1.82, 2.24) is 14.5 Å². The van der Waals surface area contributed by atoms with Gasteiger partial charge in [-0.05, 0) is 114 Å². The molecule has 3 heterocycles. The molecule has 12 heteroatoms. The molecule has 244 valence electrons. The summed E-state index contributed by atoms with van der Waals surface area (Å²) in [5.74, 6) is -0.426. The lowest BCUT2D eigenvalue weighted by Crippen LogP contribution is -2.50. The van der Waals surface area contributed by atoms with E-state index in [1.165, 1.54) is 4.31 Å². The molecule has 0 bridgehead atoms. The molecule has 0 unspecified atom stereocenters. The standard InChI is InChI=1S/C20H36N2O6S.C10H19NO2/c1-19(2,3)27-17(23)15-7-13-22(14-8-15)29(25,26)16-9-11-21(12-10-16)18(24)28-20(4,5)6;1-10(2,3)13-9(12)8-4-6-11-7-5-8/h15-16H,7-14H2,1-6H3;8,11H,4-7H2,1-3H3. The van der Waals surface area contributed by atoms with Crippen LogP contribution < -0.4 is 5.32 Å². The molecule has 3 saturated heterocycles. The van der Waals surface area contributed by atoms with Gasteiger partial charge in [-0.1, -0.05) is 0 Å². The number of likely N-dealkylation sites (tertiary alicyclic amines) is 1. The Balaban J connectivity index is 0.000000395. The summed E-state index contributed by atoms with van der Waals surface area (Å²) in [6.45, 7) is 19.9. The van der Waals surface area contributed by atoms with E-state index in [9.17, 15) is 22.8 Å². The number of amides is 1. The van der Waals surface area contributed by atoms with Crippen LogP contribution in [0.4, 0.5) is 4.79 Å². The number of nitrogens with one attached hydrogen (secondary N) is 1. The van der Waals surface area contributed by atoms with Crippen LogP contribution in [-0.4, -0.2) is 97.0 Å². The Labute approximate surface area is 253 Å². The molecular formula is C30H55N3O8S. The lowest BCUT2D eigenvalue weighted by molar-refractivity contribution is -0.162. The van der Waals surface area contributed by atoms with Crippen molar-refractivity contribution in [2.24, 2.45) is 11.8 Å². The second-order valence-electron chi connectivity index (χ2n) is 14.5. The molecule has 0 atom stereocenters. The Hall–Kier alpha value is -1.92. The second-order valence-corrected chi connectivity index (χ2v) is 16.7. The van der Waals surface area contributed by atoms with Gasteiger partial charge in [-0.3, -0.25) is 9.59 Å². The summed E-state index contributed by atoms with van der Waals surface area (Å²) in [6.07, 6.45) is 3.17. The molecule has 0 saturated carbocycles. The summed E-state index contributed by atoms with van der Waals surface area (Å²) in [5, 5.41) is 2.72. The van der Waals surface area contributed by atoms with E-state index in [0.717, 1.165) is 25.9 Å². The number of esters is 2. The molecule has 1 N–H and O–H groups in total. The van der Waals surface area contributed by atoms with Crippen molar-refractivity contribution in [3.8, 4) is 0 Å². The number of hydrogen-bond acceptors (Lipinski definition) is 9. The first kappa shape index (κ1) is 36.3. The SMILES string of the molecule is CC(C)(C)OC(=O)C1CCN(S(=O)(=O)C2CCN(C(=O)OC(C)(C)C)CC2)CC1.CC(C)(C)OC(=O)C1CCNCC1. The number of sulfonamides is 1. The Morgan fingerprint density at radius 2 is 1.02 bits per heavy atom. The van der Waals surface area contributed by atoms with Crippen LogP contribution in [0.25, 0.3) is 0 Å². The predicted octanol–water partition coefficient (Wildman–Crippen LogP) is 4.10. The number of piperidine rings is 3. The van der Waals surface area contributed by atoms with Crippen molar-refractivity contribution in [3.05, 3.63) is 0 Å². The zero-order chi connectivity index (χ0) is 31.9. The lowest BCUT2D eigenvalue weighted by Gasteiger charge is -2.37. The fourth-order valence-corrected chi connectivity index (χ4v) is 7.00. The molecule has 3 rings (SSSR count). The maximum atomic E-state index is 13.0. The molecule has 0 aromatic carbocycles. The molecular weight excluding hydrogens is 562 g/mol. The average Bonchev–Trinajstić information content (AvgIpc) is 2.87. The number of rotatable bonds is 4. The molecule has 0 spiro atoms. The van der Waals surface area contributed by atoms with E-state index < -0.39 is 32.6 Å². The van der Waals surface area contributed by atoms with E-state index in [0.29, 0.717) is 51.9 Å². The molecule has 3 aliphatic rings. The maximum Gasteiger partial charge on any atom is 0.410 e. The first-order valence-electron chi connectivity index (χ1n) is 15.3. The molecule has 0 aromatic rings. The molecule has 42 heavy (non-hydrogen) atoms. The van der Waals surface area contributed by atoms with Gasteiger partial charge in [0.2, 0.25) is 10.0 Å². The van der Waals surface area contributed by atoms with E-state index in [1.807, 2.05) is 62.3 Å². The van der Waals surface area contributed by atoms with Crippen LogP contribution in [0.3, 0.4) is 0 Å². The number of nitrogens with zero attached hydrogens (tertiary/aromatic N) is 2. The third-order valence-corrected chi connectivity index (χ3v) is 9.55. The smallest absolute Gasteiger partial charge is 0.410 e. The van der Waals surface area contributed by atoms with Crippen molar-refractivity contribution in [1.29, 1.82) is 0 Å².